The maximum Gasteiger partial charge on any atom is 0.243 e. The van der Waals surface area contributed by atoms with Gasteiger partial charge in [-0.3, -0.25) is 9.69 Å². The van der Waals surface area contributed by atoms with Crippen LogP contribution in [0.4, 0.5) is 0 Å². The molecule has 0 aliphatic carbocycles. The molecule has 174 valence electrons. The highest BCUT2D eigenvalue weighted by Crippen LogP contribution is 2.33. The highest BCUT2D eigenvalue weighted by molar-refractivity contribution is 7.89. The number of fused-ring (bicyclic) bond motifs is 1. The predicted molar refractivity (Wildman–Crippen MR) is 120 cm³/mol. The van der Waals surface area contributed by atoms with Crippen molar-refractivity contribution in [2.75, 3.05) is 53.0 Å². The number of hydrogen-bond donors (Lipinski definition) is 0. The number of nitrogens with zero attached hydrogens (tertiary/aromatic N) is 4. The topological polar surface area (TPSA) is 103 Å². The number of ether oxygens (including phenoxy) is 2. The number of sulfonamides is 1. The highest BCUT2D eigenvalue weighted by Gasteiger charge is 2.31. The number of piperazine rings is 1. The van der Waals surface area contributed by atoms with Crippen LogP contribution >= 0.6 is 0 Å². The van der Waals surface area contributed by atoms with E-state index in [0.29, 0.717) is 49.9 Å². The zero-order valence-corrected chi connectivity index (χ0v) is 19.3. The van der Waals surface area contributed by atoms with E-state index in [4.69, 9.17) is 14.7 Å². The number of benzene rings is 2. The molecular weight excluding hydrogens is 444 g/mol. The molecule has 2 aromatic rings. The van der Waals surface area contributed by atoms with Crippen molar-refractivity contribution in [1.82, 2.24) is 14.1 Å². The minimum atomic E-state index is -3.69. The first-order valence-corrected chi connectivity index (χ1v) is 12.2. The largest absolute Gasteiger partial charge is 0.486 e. The summed E-state index contributed by atoms with van der Waals surface area (Å²) in [5.41, 5.74) is 1.61. The molecule has 2 aliphatic heterocycles. The lowest BCUT2D eigenvalue weighted by atomic mass is 10.1. The fraction of sp³-hybridized carbons (Fsp3) is 0.391. The van der Waals surface area contributed by atoms with Crippen LogP contribution in [0.1, 0.15) is 11.1 Å². The van der Waals surface area contributed by atoms with E-state index < -0.39 is 10.0 Å². The minimum absolute atomic E-state index is 0.0393. The van der Waals surface area contributed by atoms with E-state index in [0.717, 1.165) is 5.56 Å². The zero-order chi connectivity index (χ0) is 23.4. The Balaban J connectivity index is 1.31. The molecule has 0 saturated carbocycles. The van der Waals surface area contributed by atoms with E-state index in [9.17, 15) is 13.2 Å². The Bertz CT molecular complexity index is 1150. The number of nitriles is 1. The van der Waals surface area contributed by atoms with Crippen molar-refractivity contribution >= 4 is 15.9 Å². The summed E-state index contributed by atoms with van der Waals surface area (Å²) in [5.74, 6) is 0.935. The van der Waals surface area contributed by atoms with Crippen LogP contribution in [0.2, 0.25) is 0 Å². The fourth-order valence-corrected chi connectivity index (χ4v) is 5.33. The van der Waals surface area contributed by atoms with Gasteiger partial charge in [0.15, 0.2) is 11.5 Å². The van der Waals surface area contributed by atoms with Gasteiger partial charge in [-0.2, -0.15) is 9.57 Å². The molecule has 0 radical (unpaired) electrons. The molecule has 10 heteroatoms. The van der Waals surface area contributed by atoms with Crippen LogP contribution in [-0.2, 0) is 21.4 Å². The van der Waals surface area contributed by atoms with Gasteiger partial charge in [0.2, 0.25) is 15.9 Å². The molecule has 1 amide bonds. The van der Waals surface area contributed by atoms with Gasteiger partial charge in [-0.25, -0.2) is 8.42 Å². The molecule has 0 atom stereocenters. The van der Waals surface area contributed by atoms with E-state index in [1.807, 2.05) is 24.1 Å². The van der Waals surface area contributed by atoms with Crippen LogP contribution in [-0.4, -0.2) is 81.4 Å². The first kappa shape index (κ1) is 23.0. The number of hydrogen-bond acceptors (Lipinski definition) is 7. The number of likely N-dealkylation sites (N-methyl/N-ethyl adjacent to an activating group) is 1. The van der Waals surface area contributed by atoms with Crippen LogP contribution in [0.3, 0.4) is 0 Å². The Kier molecular flexibility index (Phi) is 6.83. The monoisotopic (exact) mass is 470 g/mol. The van der Waals surface area contributed by atoms with Gasteiger partial charge in [-0.1, -0.05) is 12.1 Å². The average molecular weight is 471 g/mol. The van der Waals surface area contributed by atoms with Gasteiger partial charge in [0.25, 0.3) is 0 Å². The molecule has 0 spiro atoms. The van der Waals surface area contributed by atoms with Crippen LogP contribution in [0.25, 0.3) is 0 Å². The summed E-state index contributed by atoms with van der Waals surface area (Å²) < 4.78 is 38.5. The van der Waals surface area contributed by atoms with Gasteiger partial charge in [-0.05, 0) is 36.9 Å². The summed E-state index contributed by atoms with van der Waals surface area (Å²) in [6.45, 7) is 2.80. The van der Waals surface area contributed by atoms with Crippen molar-refractivity contribution in [1.29, 1.82) is 5.26 Å². The molecular formula is C23H26N4O5S. The molecule has 4 rings (SSSR count). The van der Waals surface area contributed by atoms with Crippen LogP contribution < -0.4 is 9.47 Å². The first-order valence-electron chi connectivity index (χ1n) is 10.7. The van der Waals surface area contributed by atoms with E-state index in [2.05, 4.69) is 6.07 Å². The molecule has 0 unspecified atom stereocenters. The first-order chi connectivity index (χ1) is 15.9. The third kappa shape index (κ3) is 5.27. The van der Waals surface area contributed by atoms with Crippen molar-refractivity contribution in [2.45, 2.75) is 11.4 Å². The minimum Gasteiger partial charge on any atom is -0.486 e. The van der Waals surface area contributed by atoms with Gasteiger partial charge in [0, 0.05) is 38.8 Å². The van der Waals surface area contributed by atoms with Crippen LogP contribution in [0.15, 0.2) is 47.4 Å². The van der Waals surface area contributed by atoms with Crippen molar-refractivity contribution in [3.05, 3.63) is 53.6 Å². The van der Waals surface area contributed by atoms with Gasteiger partial charge in [0.05, 0.1) is 23.1 Å². The Morgan fingerprint density at radius 2 is 1.70 bits per heavy atom. The summed E-state index contributed by atoms with van der Waals surface area (Å²) in [4.78, 5) is 16.5. The molecule has 33 heavy (non-hydrogen) atoms. The summed E-state index contributed by atoms with van der Waals surface area (Å²) in [6, 6.07) is 14.0. The zero-order valence-electron chi connectivity index (χ0n) is 18.4. The number of carbonyl (C=O) groups excluding carboxylic acids is 1. The van der Waals surface area contributed by atoms with Gasteiger partial charge in [0.1, 0.15) is 13.2 Å². The molecule has 2 heterocycles. The average Bonchev–Trinajstić information content (AvgIpc) is 2.84. The Hall–Kier alpha value is -3.13. The maximum atomic E-state index is 13.1. The summed E-state index contributed by atoms with van der Waals surface area (Å²) in [7, 11) is -1.83. The van der Waals surface area contributed by atoms with Gasteiger partial charge in [-0.15, -0.1) is 0 Å². The molecule has 1 saturated heterocycles. The van der Waals surface area contributed by atoms with E-state index in [-0.39, 0.29) is 30.4 Å². The predicted octanol–water partition coefficient (Wildman–Crippen LogP) is 1.29. The Morgan fingerprint density at radius 1 is 1.03 bits per heavy atom. The van der Waals surface area contributed by atoms with Crippen molar-refractivity contribution in [3.8, 4) is 17.6 Å². The van der Waals surface area contributed by atoms with Gasteiger partial charge < -0.3 is 14.4 Å². The lowest BCUT2D eigenvalue weighted by molar-refractivity contribution is -0.133. The molecule has 0 N–H and O–H groups in total. The second-order valence-corrected chi connectivity index (χ2v) is 10.0. The Labute approximate surface area is 193 Å². The molecule has 0 bridgehead atoms. The molecule has 2 aromatic carbocycles. The summed E-state index contributed by atoms with van der Waals surface area (Å²) in [5, 5.41) is 8.89. The lowest BCUT2D eigenvalue weighted by Gasteiger charge is -2.35. The molecule has 1 fully saturated rings. The molecule has 0 aromatic heterocycles. The molecule has 2 aliphatic rings. The van der Waals surface area contributed by atoms with E-state index in [1.54, 1.807) is 23.1 Å². The van der Waals surface area contributed by atoms with E-state index >= 15 is 0 Å². The van der Waals surface area contributed by atoms with Crippen LogP contribution in [0.5, 0.6) is 11.5 Å². The number of amides is 1. The second kappa shape index (κ2) is 9.79. The van der Waals surface area contributed by atoms with Crippen LogP contribution in [0, 0.1) is 11.3 Å². The fourth-order valence-electron chi connectivity index (χ4n) is 3.89. The number of carbonyl (C=O) groups is 1. The highest BCUT2D eigenvalue weighted by atomic mass is 32.2. The maximum absolute atomic E-state index is 13.1. The van der Waals surface area contributed by atoms with Gasteiger partial charge >= 0.3 is 0 Å². The smallest absolute Gasteiger partial charge is 0.243 e. The van der Waals surface area contributed by atoms with E-state index in [1.165, 1.54) is 16.4 Å². The lowest BCUT2D eigenvalue weighted by Crippen LogP contribution is -2.52. The van der Waals surface area contributed by atoms with Crippen molar-refractivity contribution in [2.24, 2.45) is 0 Å². The summed E-state index contributed by atoms with van der Waals surface area (Å²) in [6.07, 6.45) is 0. The third-order valence-electron chi connectivity index (χ3n) is 5.68. The SMILES string of the molecule is CN(CC(=O)N1CCN(S(=O)(=O)c2ccc3c(c2)OCCO3)CC1)Cc1ccc(C#N)cc1. The molecule has 9 nitrogen and oxygen atoms in total. The Morgan fingerprint density at radius 3 is 2.36 bits per heavy atom. The quantitative estimate of drug-likeness (QED) is 0.627. The third-order valence-corrected chi connectivity index (χ3v) is 7.58. The van der Waals surface area contributed by atoms with Crippen molar-refractivity contribution in [3.63, 3.8) is 0 Å². The number of rotatable bonds is 6. The normalized spacial score (nSPS) is 16.5. The second-order valence-electron chi connectivity index (χ2n) is 8.07. The summed E-state index contributed by atoms with van der Waals surface area (Å²) >= 11 is 0. The standard InChI is InChI=1S/C23H26N4O5S/c1-25(16-19-4-2-18(15-24)3-5-19)17-23(28)26-8-10-27(11-9-26)33(29,30)20-6-7-21-22(14-20)32-13-12-31-21/h2-7,14H,8-13,16-17H2,1H3. The van der Waals surface area contributed by atoms with Crippen molar-refractivity contribution < 1.29 is 22.7 Å².